The van der Waals surface area contributed by atoms with Gasteiger partial charge < -0.3 is 39.6 Å². The monoisotopic (exact) mass is 492 g/mol. The molecule has 2 aromatic rings. The summed E-state index contributed by atoms with van der Waals surface area (Å²) >= 11 is 10.3. The fraction of sp³-hybridized carbons (Fsp3) is 0.500. The van der Waals surface area contributed by atoms with E-state index in [1.54, 1.807) is 0 Å². The molecule has 0 spiro atoms. The number of hydrogen-bond donors (Lipinski definition) is 7. The van der Waals surface area contributed by atoms with Gasteiger partial charge in [-0.1, -0.05) is 0 Å². The number of aromatic nitrogens is 4. The van der Waals surface area contributed by atoms with E-state index in [4.69, 9.17) is 36.5 Å². The number of hydrogen-bond acceptors (Lipinski definition) is 12. The lowest BCUT2D eigenvalue weighted by molar-refractivity contribution is -0.0486. The summed E-state index contributed by atoms with van der Waals surface area (Å²) < 4.78 is 26.4. The van der Waals surface area contributed by atoms with Gasteiger partial charge in [-0.25, -0.2) is 19.7 Å². The zero-order chi connectivity index (χ0) is 21.6. The molecule has 2 aromatic heterocycles. The maximum Gasteiger partial charge on any atom is 0.476 e. The van der Waals surface area contributed by atoms with Crippen LogP contribution >= 0.6 is 26.1 Å². The van der Waals surface area contributed by atoms with E-state index in [1.807, 2.05) is 0 Å². The average molecular weight is 493 g/mol. The number of anilines is 1. The highest BCUT2D eigenvalue weighted by Gasteiger charge is 2.45. The lowest BCUT2D eigenvalue weighted by Gasteiger charge is -2.19. The minimum Gasteiger partial charge on any atom is -0.387 e. The number of aliphatic hydroxyl groups excluding tert-OH is 2. The van der Waals surface area contributed by atoms with E-state index in [0.29, 0.717) is 0 Å². The quantitative estimate of drug-likeness (QED) is 0.103. The second-order valence-electron chi connectivity index (χ2n) is 5.69. The van der Waals surface area contributed by atoms with Crippen molar-refractivity contribution in [1.29, 1.82) is 0 Å². The van der Waals surface area contributed by atoms with Crippen LogP contribution in [0.4, 0.5) is 5.82 Å². The molecule has 2 unspecified atom stereocenters. The van der Waals surface area contributed by atoms with Crippen LogP contribution < -0.4 is 11.3 Å². The van der Waals surface area contributed by atoms with Gasteiger partial charge >= 0.3 is 14.5 Å². The summed E-state index contributed by atoms with van der Waals surface area (Å²) in [7, 11) is -5.11. The third kappa shape index (κ3) is 5.08. The molecule has 19 heteroatoms. The Hall–Kier alpha value is -0.840. The summed E-state index contributed by atoms with van der Waals surface area (Å²) in [4.78, 5) is 39.0. The normalized spacial score (nSPS) is 27.3. The topological polar surface area (TPSA) is 228 Å². The van der Waals surface area contributed by atoms with E-state index in [9.17, 15) is 19.7 Å². The van der Waals surface area contributed by atoms with Crippen molar-refractivity contribution in [2.45, 2.75) is 24.5 Å². The molecule has 3 heterocycles. The summed E-state index contributed by atoms with van der Waals surface area (Å²) in [5, 5.41) is 20.4. The molecule has 15 nitrogen and oxygen atoms in total. The first-order valence-electron chi connectivity index (χ1n) is 7.54. The fourth-order valence-electron chi connectivity index (χ4n) is 2.60. The number of rotatable bonds is 7. The van der Waals surface area contributed by atoms with Crippen molar-refractivity contribution in [3.05, 3.63) is 11.6 Å². The number of nitrogens with zero attached hydrogens (tertiary/aromatic N) is 4. The smallest absolute Gasteiger partial charge is 0.387 e. The van der Waals surface area contributed by atoms with E-state index in [0.717, 1.165) is 0 Å². The lowest BCUT2D eigenvalue weighted by atomic mass is 10.1. The highest BCUT2D eigenvalue weighted by atomic mass is 35.5. The third-order valence-electron chi connectivity index (χ3n) is 3.75. The Morgan fingerprint density at radius 3 is 2.66 bits per heavy atom. The molecule has 1 saturated heterocycles. The van der Waals surface area contributed by atoms with Crippen molar-refractivity contribution in [2.75, 3.05) is 12.0 Å². The maximum absolute atomic E-state index is 10.8. The number of nitrogen functional groups attached to an aromatic ring is 1. The van der Waals surface area contributed by atoms with E-state index in [1.165, 1.54) is 10.9 Å². The van der Waals surface area contributed by atoms with Crippen LogP contribution in [0, 0.1) is 0 Å². The summed E-state index contributed by atoms with van der Waals surface area (Å²) in [5.74, 6) is 5.47. The largest absolute Gasteiger partial charge is 0.476 e. The molecule has 0 aliphatic carbocycles. The van der Waals surface area contributed by atoms with Crippen LogP contribution in [0.25, 0.3) is 11.2 Å². The minimum absolute atomic E-state index is 0.113. The van der Waals surface area contributed by atoms with Crippen LogP contribution in [-0.4, -0.2) is 69.3 Å². The Bertz CT molecular complexity index is 1010. The molecule has 0 radical (unpaired) electrons. The molecule has 0 amide bonds. The van der Waals surface area contributed by atoms with Crippen molar-refractivity contribution >= 4 is 54.9 Å². The molecule has 0 bridgehead atoms. The van der Waals surface area contributed by atoms with Gasteiger partial charge in [0.2, 0.25) is 5.28 Å². The molecule has 0 saturated carbocycles. The summed E-state index contributed by atoms with van der Waals surface area (Å²) in [5.41, 5.74) is 2.64. The van der Waals surface area contributed by atoms with Gasteiger partial charge in [-0.05, 0) is 23.4 Å². The van der Waals surface area contributed by atoms with Crippen LogP contribution in [0.5, 0.6) is 0 Å². The van der Waals surface area contributed by atoms with Crippen LogP contribution in [0.3, 0.4) is 0 Å². The zero-order valence-electron chi connectivity index (χ0n) is 14.0. The standard InChI is InChI=1S/C10H15ClN6O9P2S/c11-10-14-7(16-12)4-8(15-10)17(2-13-4)9-6(19)5(18)3(25-9)1-24-28(23,29)26-27(20,21)22/h2-3,5-6,9,18-19H,1,12H2,(H,23,29)(H,14,15,16)(H2,20,21,22)/t3-,5-,6?,9-,28?/m1/s1. The second kappa shape index (κ2) is 8.36. The molecule has 1 fully saturated rings. The van der Waals surface area contributed by atoms with Gasteiger partial charge in [-0.3, -0.25) is 4.57 Å². The van der Waals surface area contributed by atoms with Crippen molar-refractivity contribution in [3.63, 3.8) is 0 Å². The van der Waals surface area contributed by atoms with Crippen molar-refractivity contribution in [2.24, 2.45) is 5.84 Å². The number of aliphatic hydroxyl groups is 2. The van der Waals surface area contributed by atoms with Gasteiger partial charge in [0.1, 0.15) is 18.3 Å². The van der Waals surface area contributed by atoms with Crippen molar-refractivity contribution in [1.82, 2.24) is 19.5 Å². The highest BCUT2D eigenvalue weighted by molar-refractivity contribution is 8.08. The number of halogens is 1. The molecule has 8 N–H and O–H groups in total. The molecule has 1 aliphatic rings. The fourth-order valence-corrected chi connectivity index (χ4v) is 5.33. The lowest BCUT2D eigenvalue weighted by Crippen LogP contribution is -2.33. The number of nitrogens with one attached hydrogen (secondary N) is 1. The molecular weight excluding hydrogens is 478 g/mol. The minimum atomic E-state index is -5.11. The molecule has 0 aromatic carbocycles. The Morgan fingerprint density at radius 1 is 1.34 bits per heavy atom. The highest BCUT2D eigenvalue weighted by Crippen LogP contribution is 2.58. The Kier molecular flexibility index (Phi) is 6.58. The van der Waals surface area contributed by atoms with Gasteiger partial charge in [-0.2, -0.15) is 9.97 Å². The first-order chi connectivity index (χ1) is 13.4. The van der Waals surface area contributed by atoms with Gasteiger partial charge in [0.15, 0.2) is 23.2 Å². The second-order valence-corrected chi connectivity index (χ2v) is 10.2. The number of ether oxygens (including phenoxy) is 1. The van der Waals surface area contributed by atoms with E-state index < -0.39 is 45.7 Å². The third-order valence-corrected chi connectivity index (χ3v) is 6.99. The molecule has 29 heavy (non-hydrogen) atoms. The van der Waals surface area contributed by atoms with Crippen molar-refractivity contribution in [3.8, 4) is 0 Å². The molecule has 3 rings (SSSR count). The summed E-state index contributed by atoms with van der Waals surface area (Å²) in [6.45, 7) is -4.97. The van der Waals surface area contributed by atoms with Gasteiger partial charge in [0, 0.05) is 0 Å². The van der Waals surface area contributed by atoms with E-state index in [2.05, 4.69) is 36.5 Å². The van der Waals surface area contributed by atoms with Crippen LogP contribution in [0.15, 0.2) is 6.33 Å². The van der Waals surface area contributed by atoms with E-state index in [-0.39, 0.29) is 22.3 Å². The Morgan fingerprint density at radius 2 is 2.03 bits per heavy atom. The first-order valence-corrected chi connectivity index (χ1v) is 12.0. The van der Waals surface area contributed by atoms with Crippen LogP contribution in [0.2, 0.25) is 5.28 Å². The number of hydrazine groups is 1. The average Bonchev–Trinajstić information content (AvgIpc) is 3.12. The molecule has 5 atom stereocenters. The van der Waals surface area contributed by atoms with E-state index >= 15 is 0 Å². The number of nitrogens with two attached hydrogens (primary N) is 1. The molecular formula is C10H15ClN6O9P2S. The number of phosphoric acid groups is 1. The predicted molar refractivity (Wildman–Crippen MR) is 99.7 cm³/mol. The van der Waals surface area contributed by atoms with Gasteiger partial charge in [-0.15, -0.1) is 0 Å². The summed E-state index contributed by atoms with van der Waals surface area (Å²) in [6, 6.07) is 0. The first kappa shape index (κ1) is 22.8. The molecule has 1 aliphatic heterocycles. The SMILES string of the molecule is NNc1nc(Cl)nc2c1ncn2[C@@H]1O[C@H](COP(O)(=S)OP(=O)(O)O)[C@@H](O)C1O. The molecule has 162 valence electrons. The summed E-state index contributed by atoms with van der Waals surface area (Å²) in [6.07, 6.45) is -4.23. The zero-order valence-corrected chi connectivity index (χ0v) is 17.4. The maximum atomic E-state index is 10.8. The number of fused-ring (bicyclic) bond motifs is 1. The predicted octanol–water partition coefficient (Wildman–Crippen LogP) is -1.27. The Balaban J connectivity index is 1.80. The van der Waals surface area contributed by atoms with Gasteiger partial charge in [0.25, 0.3) is 0 Å². The Labute approximate surface area is 171 Å². The van der Waals surface area contributed by atoms with Crippen molar-refractivity contribution < 1.29 is 43.0 Å². The van der Waals surface area contributed by atoms with Crippen LogP contribution in [0.1, 0.15) is 6.23 Å². The number of imidazole rings is 1. The van der Waals surface area contributed by atoms with Gasteiger partial charge in [0.05, 0.1) is 12.9 Å². The van der Waals surface area contributed by atoms with Crippen LogP contribution in [-0.2, 0) is 29.9 Å².